The Kier molecular flexibility index (Phi) is 4.43. The molecule has 1 unspecified atom stereocenters. The van der Waals surface area contributed by atoms with Crippen LogP contribution in [0.4, 0.5) is 0 Å². The maximum absolute atomic E-state index is 11.0. The topological polar surface area (TPSA) is 20.3 Å². The van der Waals surface area contributed by atoms with E-state index in [4.69, 9.17) is 0 Å². The van der Waals surface area contributed by atoms with Crippen LogP contribution in [0.25, 0.3) is 0 Å². The summed E-state index contributed by atoms with van der Waals surface area (Å²) in [7, 11) is 0. The van der Waals surface area contributed by atoms with Crippen LogP contribution in [0.2, 0.25) is 0 Å². The highest BCUT2D eigenvalue weighted by Crippen LogP contribution is 2.18. The molecular formula is C11H21NO. The number of hydrogen-bond acceptors (Lipinski definition) is 2. The van der Waals surface area contributed by atoms with Crippen molar-refractivity contribution in [3.05, 3.63) is 0 Å². The Labute approximate surface area is 81.3 Å². The largest absolute Gasteiger partial charge is 0.299 e. The second kappa shape index (κ2) is 5.38. The fraction of sp³-hybridized carbons (Fsp3) is 0.909. The van der Waals surface area contributed by atoms with Crippen LogP contribution in [0, 0.1) is 0 Å². The minimum atomic E-state index is 0.306. The first-order valence-corrected chi connectivity index (χ1v) is 5.47. The third kappa shape index (κ3) is 3.47. The first-order chi connectivity index (χ1) is 6.24. The maximum atomic E-state index is 11.0. The van der Waals surface area contributed by atoms with Crippen molar-refractivity contribution in [3.63, 3.8) is 0 Å². The number of nitrogens with zero attached hydrogens (tertiary/aromatic N) is 1. The van der Waals surface area contributed by atoms with E-state index in [-0.39, 0.29) is 0 Å². The first-order valence-electron chi connectivity index (χ1n) is 5.47. The molecule has 1 heterocycles. The lowest BCUT2D eigenvalue weighted by Crippen LogP contribution is -2.37. The standard InChI is InChI=1S/C11H21NO/c1-3-11-7-5-4-6-8-12(11)9-10(2)13/h11H,3-9H2,1-2H3. The minimum Gasteiger partial charge on any atom is -0.299 e. The monoisotopic (exact) mass is 183 g/mol. The van der Waals surface area contributed by atoms with E-state index in [1.807, 2.05) is 0 Å². The first kappa shape index (κ1) is 10.7. The Hall–Kier alpha value is -0.370. The summed E-state index contributed by atoms with van der Waals surface area (Å²) in [5.74, 6) is 0.306. The quantitative estimate of drug-likeness (QED) is 0.668. The molecule has 2 heteroatoms. The van der Waals surface area contributed by atoms with E-state index in [9.17, 15) is 4.79 Å². The molecule has 0 bridgehead atoms. The Balaban J connectivity index is 2.48. The molecule has 0 amide bonds. The molecule has 0 saturated carbocycles. The Morgan fingerprint density at radius 2 is 2.15 bits per heavy atom. The van der Waals surface area contributed by atoms with E-state index < -0.39 is 0 Å². The van der Waals surface area contributed by atoms with Gasteiger partial charge in [-0.05, 0) is 32.7 Å². The molecule has 0 aromatic rings. The van der Waals surface area contributed by atoms with E-state index in [2.05, 4.69) is 11.8 Å². The van der Waals surface area contributed by atoms with E-state index in [0.29, 0.717) is 18.4 Å². The van der Waals surface area contributed by atoms with Crippen LogP contribution in [0.15, 0.2) is 0 Å². The van der Waals surface area contributed by atoms with Crippen LogP contribution in [0.5, 0.6) is 0 Å². The van der Waals surface area contributed by atoms with Gasteiger partial charge in [0.15, 0.2) is 0 Å². The zero-order chi connectivity index (χ0) is 9.68. The third-order valence-electron chi connectivity index (χ3n) is 2.90. The third-order valence-corrected chi connectivity index (χ3v) is 2.90. The van der Waals surface area contributed by atoms with Gasteiger partial charge < -0.3 is 0 Å². The smallest absolute Gasteiger partial charge is 0.143 e. The minimum absolute atomic E-state index is 0.306. The molecule has 0 aromatic heterocycles. The van der Waals surface area contributed by atoms with Crippen molar-refractivity contribution in [2.45, 2.75) is 52.0 Å². The van der Waals surface area contributed by atoms with Gasteiger partial charge in [0.05, 0.1) is 6.54 Å². The highest BCUT2D eigenvalue weighted by molar-refractivity contribution is 5.77. The SMILES string of the molecule is CCC1CCCCCN1CC(C)=O. The molecule has 0 N–H and O–H groups in total. The highest BCUT2D eigenvalue weighted by Gasteiger charge is 2.19. The number of carbonyl (C=O) groups excluding carboxylic acids is 1. The van der Waals surface area contributed by atoms with Gasteiger partial charge in [-0.25, -0.2) is 0 Å². The second-order valence-corrected chi connectivity index (χ2v) is 4.08. The van der Waals surface area contributed by atoms with Crippen molar-refractivity contribution in [2.75, 3.05) is 13.1 Å². The zero-order valence-electron chi connectivity index (χ0n) is 8.88. The number of hydrogen-bond donors (Lipinski definition) is 0. The van der Waals surface area contributed by atoms with Crippen LogP contribution in [0.1, 0.15) is 46.0 Å². The molecule has 0 spiro atoms. The maximum Gasteiger partial charge on any atom is 0.143 e. The number of ketones is 1. The van der Waals surface area contributed by atoms with E-state index in [1.165, 1.54) is 32.1 Å². The van der Waals surface area contributed by atoms with Gasteiger partial charge in [0, 0.05) is 6.04 Å². The summed E-state index contributed by atoms with van der Waals surface area (Å²) in [6.07, 6.45) is 6.42. The van der Waals surface area contributed by atoms with Gasteiger partial charge in [-0.1, -0.05) is 19.8 Å². The normalized spacial score (nSPS) is 25.5. The van der Waals surface area contributed by atoms with Crippen molar-refractivity contribution in [2.24, 2.45) is 0 Å². The van der Waals surface area contributed by atoms with E-state index in [0.717, 1.165) is 6.54 Å². The molecule has 1 fully saturated rings. The van der Waals surface area contributed by atoms with Gasteiger partial charge in [-0.2, -0.15) is 0 Å². The summed E-state index contributed by atoms with van der Waals surface area (Å²) in [5, 5.41) is 0. The Morgan fingerprint density at radius 1 is 1.38 bits per heavy atom. The summed E-state index contributed by atoms with van der Waals surface area (Å²) < 4.78 is 0. The molecule has 1 aliphatic rings. The second-order valence-electron chi connectivity index (χ2n) is 4.08. The van der Waals surface area contributed by atoms with E-state index >= 15 is 0 Å². The van der Waals surface area contributed by atoms with Crippen LogP contribution in [0.3, 0.4) is 0 Å². The highest BCUT2D eigenvalue weighted by atomic mass is 16.1. The average Bonchev–Trinajstić information content (AvgIpc) is 2.28. The van der Waals surface area contributed by atoms with Crippen molar-refractivity contribution < 1.29 is 4.79 Å². The summed E-state index contributed by atoms with van der Waals surface area (Å²) in [6.45, 7) is 5.71. The molecule has 1 saturated heterocycles. The van der Waals surface area contributed by atoms with Crippen LogP contribution < -0.4 is 0 Å². The van der Waals surface area contributed by atoms with Crippen molar-refractivity contribution in [3.8, 4) is 0 Å². The van der Waals surface area contributed by atoms with Gasteiger partial charge in [0.2, 0.25) is 0 Å². The van der Waals surface area contributed by atoms with Crippen LogP contribution in [-0.2, 0) is 4.79 Å². The summed E-state index contributed by atoms with van der Waals surface area (Å²) in [4.78, 5) is 13.4. The predicted molar refractivity (Wildman–Crippen MR) is 54.8 cm³/mol. The molecule has 1 rings (SSSR count). The molecule has 13 heavy (non-hydrogen) atoms. The summed E-state index contributed by atoms with van der Waals surface area (Å²) in [6, 6.07) is 0.659. The predicted octanol–water partition coefficient (Wildman–Crippen LogP) is 2.23. The fourth-order valence-electron chi connectivity index (χ4n) is 2.19. The number of carbonyl (C=O) groups is 1. The van der Waals surface area contributed by atoms with Crippen molar-refractivity contribution in [1.82, 2.24) is 4.90 Å². The van der Waals surface area contributed by atoms with Crippen LogP contribution >= 0.6 is 0 Å². The van der Waals surface area contributed by atoms with Crippen molar-refractivity contribution >= 4 is 5.78 Å². The fourth-order valence-corrected chi connectivity index (χ4v) is 2.19. The van der Waals surface area contributed by atoms with Gasteiger partial charge >= 0.3 is 0 Å². The van der Waals surface area contributed by atoms with E-state index in [1.54, 1.807) is 6.92 Å². The lowest BCUT2D eigenvalue weighted by atomic mass is 10.1. The van der Waals surface area contributed by atoms with Crippen LogP contribution in [-0.4, -0.2) is 29.8 Å². The van der Waals surface area contributed by atoms with Gasteiger partial charge in [-0.15, -0.1) is 0 Å². The average molecular weight is 183 g/mol. The lowest BCUT2D eigenvalue weighted by molar-refractivity contribution is -0.118. The molecule has 1 aliphatic heterocycles. The molecular weight excluding hydrogens is 162 g/mol. The number of likely N-dealkylation sites (tertiary alicyclic amines) is 1. The van der Waals surface area contributed by atoms with Gasteiger partial charge in [0.25, 0.3) is 0 Å². The summed E-state index contributed by atoms with van der Waals surface area (Å²) >= 11 is 0. The molecule has 76 valence electrons. The molecule has 2 nitrogen and oxygen atoms in total. The zero-order valence-corrected chi connectivity index (χ0v) is 8.88. The molecule has 0 radical (unpaired) electrons. The van der Waals surface area contributed by atoms with Gasteiger partial charge in [-0.3, -0.25) is 9.69 Å². The summed E-state index contributed by atoms with van der Waals surface area (Å²) in [5.41, 5.74) is 0. The molecule has 0 aliphatic carbocycles. The molecule has 1 atom stereocenters. The lowest BCUT2D eigenvalue weighted by Gasteiger charge is -2.27. The van der Waals surface area contributed by atoms with Gasteiger partial charge in [0.1, 0.15) is 5.78 Å². The number of Topliss-reactive ketones (excluding diaryl/α,β-unsaturated/α-hetero) is 1. The Bertz CT molecular complexity index is 167. The molecule has 0 aromatic carbocycles. The number of rotatable bonds is 3. The Morgan fingerprint density at radius 3 is 2.77 bits per heavy atom. The van der Waals surface area contributed by atoms with Crippen molar-refractivity contribution in [1.29, 1.82) is 0 Å².